The lowest BCUT2D eigenvalue weighted by Gasteiger charge is -2.19. The first-order valence-electron chi connectivity index (χ1n) is 2.41. The molecule has 0 aliphatic carbocycles. The van der Waals surface area contributed by atoms with Gasteiger partial charge in [-0.2, -0.15) is 5.06 Å². The highest BCUT2D eigenvalue weighted by molar-refractivity contribution is 4.48. The number of hydrogen-bond donors (Lipinski definition) is 1. The summed E-state index contributed by atoms with van der Waals surface area (Å²) in [7, 11) is 0. The van der Waals surface area contributed by atoms with Crippen molar-refractivity contribution in [2.24, 2.45) is 0 Å². The lowest BCUT2D eigenvalue weighted by Crippen LogP contribution is -2.33. The van der Waals surface area contributed by atoms with Crippen LogP contribution in [0.3, 0.4) is 0 Å². The minimum atomic E-state index is 0. The number of nitrogens with zero attached hydrogens (tertiary/aromatic N) is 1. The molecule has 0 radical (unpaired) electrons. The quantitative estimate of drug-likeness (QED) is 0.441. The van der Waals surface area contributed by atoms with Gasteiger partial charge in [-0.3, -0.25) is 0 Å². The second kappa shape index (κ2) is 3.80. The second-order valence-corrected chi connectivity index (χ2v) is 1.57. The molecule has 0 aromatic rings. The van der Waals surface area contributed by atoms with Gasteiger partial charge in [0.25, 0.3) is 0 Å². The van der Waals surface area contributed by atoms with Crippen molar-refractivity contribution >= 4 is 0 Å². The lowest BCUT2D eigenvalue weighted by atomic mass is 10.5. The monoisotopic (exact) mass is 121 g/mol. The van der Waals surface area contributed by atoms with Crippen LogP contribution in [0.25, 0.3) is 0 Å². The maximum atomic E-state index is 8.66. The second-order valence-electron chi connectivity index (χ2n) is 1.57. The fourth-order valence-electron chi connectivity index (χ4n) is 0.554. The molecule has 0 aromatic carbocycles. The molecular formula is C4H11NO3. The molecule has 1 aliphatic heterocycles. The number of hydrogen-bond acceptors (Lipinski definition) is 3. The lowest BCUT2D eigenvalue weighted by molar-refractivity contribution is -0.143. The van der Waals surface area contributed by atoms with Crippen LogP contribution >= 0.6 is 0 Å². The minimum absolute atomic E-state index is 0. The summed E-state index contributed by atoms with van der Waals surface area (Å²) in [5.74, 6) is 0. The summed E-state index contributed by atoms with van der Waals surface area (Å²) in [6.07, 6.45) is 0. The average molecular weight is 121 g/mol. The third-order valence-electron chi connectivity index (χ3n) is 0.987. The van der Waals surface area contributed by atoms with Crippen LogP contribution in [0.5, 0.6) is 0 Å². The normalized spacial score (nSPS) is 22.1. The molecule has 4 nitrogen and oxygen atoms in total. The summed E-state index contributed by atoms with van der Waals surface area (Å²) in [6.45, 7) is 2.63. The Bertz CT molecular complexity index is 53.2. The van der Waals surface area contributed by atoms with E-state index in [2.05, 4.69) is 0 Å². The Morgan fingerprint density at radius 2 is 1.75 bits per heavy atom. The third-order valence-corrected chi connectivity index (χ3v) is 0.987. The molecule has 0 amide bonds. The van der Waals surface area contributed by atoms with Gasteiger partial charge in [-0.1, -0.05) is 0 Å². The van der Waals surface area contributed by atoms with Crippen LogP contribution in [0.1, 0.15) is 0 Å². The molecule has 0 saturated carbocycles. The Balaban J connectivity index is 0.000000490. The van der Waals surface area contributed by atoms with E-state index in [1.165, 1.54) is 5.06 Å². The van der Waals surface area contributed by atoms with Crippen LogP contribution in [-0.2, 0) is 4.74 Å². The molecule has 4 heteroatoms. The van der Waals surface area contributed by atoms with Crippen molar-refractivity contribution in [2.45, 2.75) is 0 Å². The van der Waals surface area contributed by atoms with Gasteiger partial charge in [0.05, 0.1) is 13.2 Å². The van der Waals surface area contributed by atoms with Crippen molar-refractivity contribution < 1.29 is 15.4 Å². The Morgan fingerprint density at radius 3 is 2.00 bits per heavy atom. The number of ether oxygens (including phenoxy) is 1. The Kier molecular flexibility index (Phi) is 3.72. The molecule has 8 heavy (non-hydrogen) atoms. The molecule has 1 heterocycles. The van der Waals surface area contributed by atoms with Crippen LogP contribution < -0.4 is 0 Å². The highest BCUT2D eigenvalue weighted by Gasteiger charge is 2.04. The zero-order valence-corrected chi connectivity index (χ0v) is 4.63. The van der Waals surface area contributed by atoms with Crippen LogP contribution in [-0.4, -0.2) is 42.0 Å². The van der Waals surface area contributed by atoms with E-state index in [0.717, 1.165) is 0 Å². The Labute approximate surface area is 47.9 Å². The van der Waals surface area contributed by atoms with Gasteiger partial charge in [0.15, 0.2) is 0 Å². The molecular weight excluding hydrogens is 110 g/mol. The van der Waals surface area contributed by atoms with Crippen molar-refractivity contribution in [1.82, 2.24) is 5.06 Å². The van der Waals surface area contributed by atoms with Gasteiger partial charge in [0, 0.05) is 13.1 Å². The summed E-state index contributed by atoms with van der Waals surface area (Å²) in [5.41, 5.74) is 0. The van der Waals surface area contributed by atoms with E-state index >= 15 is 0 Å². The predicted octanol–water partition coefficient (Wildman–Crippen LogP) is -1.12. The molecule has 1 rings (SSSR count). The van der Waals surface area contributed by atoms with E-state index in [4.69, 9.17) is 9.94 Å². The van der Waals surface area contributed by atoms with Gasteiger partial charge in [-0.25, -0.2) is 0 Å². The number of morpholine rings is 1. The van der Waals surface area contributed by atoms with E-state index in [-0.39, 0.29) is 5.48 Å². The molecule has 0 atom stereocenters. The van der Waals surface area contributed by atoms with Gasteiger partial charge >= 0.3 is 0 Å². The molecule has 1 saturated heterocycles. The molecule has 1 aliphatic rings. The van der Waals surface area contributed by atoms with E-state index in [9.17, 15) is 0 Å². The predicted molar refractivity (Wildman–Crippen MR) is 27.8 cm³/mol. The molecule has 3 N–H and O–H groups in total. The van der Waals surface area contributed by atoms with Crippen LogP contribution in [0.2, 0.25) is 0 Å². The van der Waals surface area contributed by atoms with Crippen LogP contribution in [0.15, 0.2) is 0 Å². The molecule has 0 aromatic heterocycles. The summed E-state index contributed by atoms with van der Waals surface area (Å²) in [5, 5.41) is 9.93. The first-order chi connectivity index (χ1) is 3.39. The maximum absolute atomic E-state index is 8.66. The summed E-state index contributed by atoms with van der Waals surface area (Å²) in [4.78, 5) is 0. The molecule has 50 valence electrons. The van der Waals surface area contributed by atoms with E-state index in [1.54, 1.807) is 0 Å². The largest absolute Gasteiger partial charge is 0.412 e. The van der Waals surface area contributed by atoms with Crippen molar-refractivity contribution in [2.75, 3.05) is 26.3 Å². The van der Waals surface area contributed by atoms with Gasteiger partial charge in [-0.05, 0) is 0 Å². The highest BCUT2D eigenvalue weighted by Crippen LogP contribution is 1.89. The van der Waals surface area contributed by atoms with E-state index < -0.39 is 0 Å². The fraction of sp³-hybridized carbons (Fsp3) is 1.00. The van der Waals surface area contributed by atoms with Crippen LogP contribution in [0, 0.1) is 0 Å². The highest BCUT2D eigenvalue weighted by atomic mass is 16.5. The smallest absolute Gasteiger partial charge is 0.0617 e. The maximum Gasteiger partial charge on any atom is 0.0617 e. The van der Waals surface area contributed by atoms with Crippen molar-refractivity contribution in [3.63, 3.8) is 0 Å². The SMILES string of the molecule is O.ON1CCOCC1. The fourth-order valence-corrected chi connectivity index (χ4v) is 0.554. The molecule has 0 bridgehead atoms. The van der Waals surface area contributed by atoms with Gasteiger partial charge in [0.1, 0.15) is 0 Å². The third kappa shape index (κ3) is 2.23. The van der Waals surface area contributed by atoms with Crippen molar-refractivity contribution in [3.05, 3.63) is 0 Å². The number of rotatable bonds is 0. The molecule has 0 unspecified atom stereocenters. The van der Waals surface area contributed by atoms with Crippen LogP contribution in [0.4, 0.5) is 0 Å². The molecule has 1 fully saturated rings. The summed E-state index contributed by atoms with van der Waals surface area (Å²) < 4.78 is 4.94. The zero-order chi connectivity index (χ0) is 5.11. The molecule has 0 spiro atoms. The minimum Gasteiger partial charge on any atom is -0.412 e. The summed E-state index contributed by atoms with van der Waals surface area (Å²) >= 11 is 0. The van der Waals surface area contributed by atoms with Crippen molar-refractivity contribution in [1.29, 1.82) is 0 Å². The average Bonchev–Trinajstić information content (AvgIpc) is 1.69. The topological polar surface area (TPSA) is 64.2 Å². The van der Waals surface area contributed by atoms with E-state index in [1.807, 2.05) is 0 Å². The summed E-state index contributed by atoms with van der Waals surface area (Å²) in [6, 6.07) is 0. The van der Waals surface area contributed by atoms with Gasteiger partial charge in [0.2, 0.25) is 0 Å². The Morgan fingerprint density at radius 1 is 1.25 bits per heavy atom. The number of hydroxylamine groups is 2. The van der Waals surface area contributed by atoms with Crippen molar-refractivity contribution in [3.8, 4) is 0 Å². The standard InChI is InChI=1S/C4H9NO2.H2O/c6-5-1-3-7-4-2-5;/h6H,1-4H2;1H2. The van der Waals surface area contributed by atoms with Gasteiger partial charge < -0.3 is 15.4 Å². The van der Waals surface area contributed by atoms with Gasteiger partial charge in [-0.15, -0.1) is 0 Å². The first-order valence-corrected chi connectivity index (χ1v) is 2.41. The zero-order valence-electron chi connectivity index (χ0n) is 4.63. The first kappa shape index (κ1) is 7.84. The Hall–Kier alpha value is -0.160. The van der Waals surface area contributed by atoms with E-state index in [0.29, 0.717) is 26.3 Å².